The van der Waals surface area contributed by atoms with Crippen molar-refractivity contribution in [3.8, 4) is 0 Å². The molecule has 1 aliphatic rings. The second-order valence-electron chi connectivity index (χ2n) is 3.98. The van der Waals surface area contributed by atoms with Crippen LogP contribution in [0.15, 0.2) is 0 Å². The molecule has 0 bridgehead atoms. The molecule has 0 aromatic heterocycles. The number of carbonyl (C=O) groups excluding carboxylic acids is 1. The molecular weight excluding hydrogens is 218 g/mol. The third kappa shape index (κ3) is 2.69. The molecule has 1 rings (SSSR count). The van der Waals surface area contributed by atoms with Crippen molar-refractivity contribution >= 4 is 5.91 Å². The zero-order valence-corrected chi connectivity index (χ0v) is 9.11. The lowest BCUT2D eigenvalue weighted by atomic mass is 9.98. The van der Waals surface area contributed by atoms with Crippen LogP contribution >= 0.6 is 0 Å². The fourth-order valence-electron chi connectivity index (χ4n) is 1.46. The molecule has 0 aromatic rings. The van der Waals surface area contributed by atoms with E-state index in [1.807, 2.05) is 0 Å². The summed E-state index contributed by atoms with van der Waals surface area (Å²) in [6.45, 7) is 3.40. The number of aliphatic hydroxyl groups is 3. The van der Waals surface area contributed by atoms with Gasteiger partial charge in [0.1, 0.15) is 18.3 Å². The quantitative estimate of drug-likeness (QED) is 0.436. The molecule has 0 radical (unpaired) electrons. The van der Waals surface area contributed by atoms with Gasteiger partial charge in [0.25, 0.3) is 0 Å². The number of rotatable bonds is 3. The maximum atomic E-state index is 10.9. The molecule has 5 atom stereocenters. The van der Waals surface area contributed by atoms with Gasteiger partial charge in [0, 0.05) is 0 Å². The number of hydrogen-bond donors (Lipinski definition) is 4. The summed E-state index contributed by atoms with van der Waals surface area (Å²) in [5, 5.41) is 28.5. The largest absolute Gasteiger partial charge is 0.387 e. The molecule has 0 spiro atoms. The fourth-order valence-corrected chi connectivity index (χ4v) is 1.46. The Labute approximate surface area is 92.8 Å². The number of nitrogens with two attached hydrogens (primary N) is 1. The molecule has 94 valence electrons. The summed E-state index contributed by atoms with van der Waals surface area (Å²) in [5.41, 5.74) is 4.99. The molecule has 1 aliphatic heterocycles. The van der Waals surface area contributed by atoms with Gasteiger partial charge in [0.05, 0.1) is 6.10 Å². The van der Waals surface area contributed by atoms with Crippen molar-refractivity contribution in [1.29, 1.82) is 0 Å². The minimum Gasteiger partial charge on any atom is -0.387 e. The van der Waals surface area contributed by atoms with Crippen molar-refractivity contribution in [3.05, 3.63) is 0 Å². The van der Waals surface area contributed by atoms with E-state index >= 15 is 0 Å². The molecule has 1 amide bonds. The van der Waals surface area contributed by atoms with E-state index in [4.69, 9.17) is 15.2 Å². The summed E-state index contributed by atoms with van der Waals surface area (Å²) in [4.78, 5) is 10.9. The van der Waals surface area contributed by atoms with E-state index in [0.29, 0.717) is 0 Å². The number of ether oxygens (including phenoxy) is 2. The van der Waals surface area contributed by atoms with Crippen LogP contribution in [0.25, 0.3) is 0 Å². The summed E-state index contributed by atoms with van der Waals surface area (Å²) in [7, 11) is 0. The molecule has 0 aliphatic carbocycles. The zero-order valence-electron chi connectivity index (χ0n) is 9.11. The standard InChI is InChI=1S/C9H17NO6/c1-3(2)15-9-6(13)4(11)5(12)7(16-9)8(10)14/h3-7,9,11-13H,1-2H3,(H2,10,14)/t4?,5-,6+,7?,9+/m0/s1. The van der Waals surface area contributed by atoms with Gasteiger partial charge in [-0.3, -0.25) is 4.79 Å². The van der Waals surface area contributed by atoms with Crippen LogP contribution in [-0.4, -0.2) is 58.0 Å². The van der Waals surface area contributed by atoms with Gasteiger partial charge in [-0.1, -0.05) is 0 Å². The van der Waals surface area contributed by atoms with E-state index in [-0.39, 0.29) is 6.10 Å². The Balaban J connectivity index is 2.77. The number of aliphatic hydroxyl groups excluding tert-OH is 3. The van der Waals surface area contributed by atoms with Crippen LogP contribution < -0.4 is 5.73 Å². The van der Waals surface area contributed by atoms with Crippen molar-refractivity contribution in [1.82, 2.24) is 0 Å². The Bertz CT molecular complexity index is 258. The Morgan fingerprint density at radius 1 is 1.25 bits per heavy atom. The summed E-state index contributed by atoms with van der Waals surface area (Å²) in [5.74, 6) is -0.921. The van der Waals surface area contributed by atoms with Crippen LogP contribution in [0.2, 0.25) is 0 Å². The highest BCUT2D eigenvalue weighted by Crippen LogP contribution is 2.22. The van der Waals surface area contributed by atoms with Crippen molar-refractivity contribution in [2.75, 3.05) is 0 Å². The van der Waals surface area contributed by atoms with E-state index < -0.39 is 36.6 Å². The van der Waals surface area contributed by atoms with Gasteiger partial charge >= 0.3 is 0 Å². The first kappa shape index (κ1) is 13.3. The van der Waals surface area contributed by atoms with E-state index in [1.165, 1.54) is 0 Å². The third-order valence-corrected chi connectivity index (χ3v) is 2.26. The van der Waals surface area contributed by atoms with E-state index in [1.54, 1.807) is 13.8 Å². The second-order valence-corrected chi connectivity index (χ2v) is 3.98. The van der Waals surface area contributed by atoms with Gasteiger partial charge in [-0.25, -0.2) is 0 Å². The number of hydrogen-bond acceptors (Lipinski definition) is 6. The average Bonchev–Trinajstić information content (AvgIpc) is 2.18. The number of amides is 1. The SMILES string of the molecule is CC(C)O[C@@H]1OC(C(N)=O)[C@@H](O)C(O)[C@H]1O. The number of primary amides is 1. The lowest BCUT2D eigenvalue weighted by Crippen LogP contribution is -2.61. The molecule has 1 heterocycles. The Kier molecular flexibility index (Phi) is 4.22. The van der Waals surface area contributed by atoms with Gasteiger partial charge < -0.3 is 30.5 Å². The van der Waals surface area contributed by atoms with Gasteiger partial charge in [-0.05, 0) is 13.8 Å². The second kappa shape index (κ2) is 5.07. The van der Waals surface area contributed by atoms with E-state index in [9.17, 15) is 20.1 Å². The first-order valence-electron chi connectivity index (χ1n) is 4.99. The Morgan fingerprint density at radius 3 is 2.25 bits per heavy atom. The first-order chi connectivity index (χ1) is 7.34. The van der Waals surface area contributed by atoms with Crippen molar-refractivity contribution < 1.29 is 29.6 Å². The molecule has 0 saturated carbocycles. The van der Waals surface area contributed by atoms with Crippen molar-refractivity contribution in [2.24, 2.45) is 5.73 Å². The molecule has 7 nitrogen and oxygen atoms in total. The molecule has 7 heteroatoms. The van der Waals surface area contributed by atoms with Crippen LogP contribution in [0.3, 0.4) is 0 Å². The van der Waals surface area contributed by atoms with Gasteiger partial charge in [0.15, 0.2) is 12.4 Å². The number of carbonyl (C=O) groups is 1. The lowest BCUT2D eigenvalue weighted by molar-refractivity contribution is -0.297. The molecule has 16 heavy (non-hydrogen) atoms. The highest BCUT2D eigenvalue weighted by molar-refractivity contribution is 5.79. The zero-order chi connectivity index (χ0) is 12.5. The Morgan fingerprint density at radius 2 is 1.81 bits per heavy atom. The van der Waals surface area contributed by atoms with Crippen molar-refractivity contribution in [3.63, 3.8) is 0 Å². The maximum absolute atomic E-state index is 10.9. The van der Waals surface area contributed by atoms with Crippen LogP contribution in [0, 0.1) is 0 Å². The molecular formula is C9H17NO6. The smallest absolute Gasteiger partial charge is 0.249 e. The van der Waals surface area contributed by atoms with Crippen LogP contribution in [0.4, 0.5) is 0 Å². The molecule has 2 unspecified atom stereocenters. The summed E-state index contributed by atoms with van der Waals surface area (Å²) < 4.78 is 10.1. The monoisotopic (exact) mass is 235 g/mol. The van der Waals surface area contributed by atoms with Gasteiger partial charge in [-0.15, -0.1) is 0 Å². The van der Waals surface area contributed by atoms with E-state index in [2.05, 4.69) is 0 Å². The highest BCUT2D eigenvalue weighted by Gasteiger charge is 2.46. The molecule has 0 aromatic carbocycles. The lowest BCUT2D eigenvalue weighted by Gasteiger charge is -2.39. The molecule has 5 N–H and O–H groups in total. The summed E-state index contributed by atoms with van der Waals surface area (Å²) >= 11 is 0. The van der Waals surface area contributed by atoms with Crippen LogP contribution in [0.5, 0.6) is 0 Å². The molecule has 1 saturated heterocycles. The minimum absolute atomic E-state index is 0.268. The summed E-state index contributed by atoms with van der Waals surface area (Å²) in [6.07, 6.45) is -7.35. The predicted octanol–water partition coefficient (Wildman–Crippen LogP) is -2.30. The summed E-state index contributed by atoms with van der Waals surface area (Å²) in [6, 6.07) is 0. The van der Waals surface area contributed by atoms with Gasteiger partial charge in [-0.2, -0.15) is 0 Å². The predicted molar refractivity (Wildman–Crippen MR) is 52.1 cm³/mol. The van der Waals surface area contributed by atoms with Crippen LogP contribution in [-0.2, 0) is 14.3 Å². The van der Waals surface area contributed by atoms with E-state index in [0.717, 1.165) is 0 Å². The minimum atomic E-state index is -1.56. The average molecular weight is 235 g/mol. The maximum Gasteiger partial charge on any atom is 0.249 e. The Hall–Kier alpha value is -0.730. The van der Waals surface area contributed by atoms with Gasteiger partial charge in [0.2, 0.25) is 5.91 Å². The fraction of sp³-hybridized carbons (Fsp3) is 0.889. The van der Waals surface area contributed by atoms with Crippen molar-refractivity contribution in [2.45, 2.75) is 50.7 Å². The molecule has 1 fully saturated rings. The first-order valence-corrected chi connectivity index (χ1v) is 4.99. The highest BCUT2D eigenvalue weighted by atomic mass is 16.7. The topological polar surface area (TPSA) is 122 Å². The third-order valence-electron chi connectivity index (χ3n) is 2.26. The van der Waals surface area contributed by atoms with Crippen LogP contribution in [0.1, 0.15) is 13.8 Å². The normalized spacial score (nSPS) is 40.0.